The first-order chi connectivity index (χ1) is 7.27. The maximum Gasteiger partial charge on any atom is 0.0956 e. The zero-order valence-electron chi connectivity index (χ0n) is 9.82. The summed E-state index contributed by atoms with van der Waals surface area (Å²) in [6, 6.07) is -0.0126. The largest absolute Gasteiger partial charge is 0.394 e. The molecule has 2 atom stereocenters. The van der Waals surface area contributed by atoms with Crippen molar-refractivity contribution in [2.75, 3.05) is 13.2 Å². The van der Waals surface area contributed by atoms with Gasteiger partial charge >= 0.3 is 0 Å². The van der Waals surface area contributed by atoms with E-state index in [-0.39, 0.29) is 18.8 Å². The SMILES string of the molecule is CCCC(N)C(CO)OCC1CCCC1. The molecule has 0 aromatic carbocycles. The molecule has 3 nitrogen and oxygen atoms in total. The normalized spacial score (nSPS) is 21.8. The lowest BCUT2D eigenvalue weighted by molar-refractivity contribution is -0.0190. The van der Waals surface area contributed by atoms with E-state index in [0.29, 0.717) is 5.92 Å². The van der Waals surface area contributed by atoms with Gasteiger partial charge in [0.1, 0.15) is 0 Å². The fraction of sp³-hybridized carbons (Fsp3) is 1.00. The van der Waals surface area contributed by atoms with E-state index in [1.165, 1.54) is 25.7 Å². The number of hydrogen-bond acceptors (Lipinski definition) is 3. The number of aliphatic hydroxyl groups is 1. The van der Waals surface area contributed by atoms with Gasteiger partial charge < -0.3 is 15.6 Å². The minimum absolute atomic E-state index is 0.0126. The summed E-state index contributed by atoms with van der Waals surface area (Å²) in [6.45, 7) is 2.93. The predicted octanol–water partition coefficient (Wildman–Crippen LogP) is 1.68. The first-order valence-electron chi connectivity index (χ1n) is 6.26. The van der Waals surface area contributed by atoms with Crippen molar-refractivity contribution in [1.29, 1.82) is 0 Å². The van der Waals surface area contributed by atoms with Crippen LogP contribution in [0.4, 0.5) is 0 Å². The molecule has 1 aliphatic rings. The van der Waals surface area contributed by atoms with E-state index < -0.39 is 0 Å². The predicted molar refractivity (Wildman–Crippen MR) is 61.7 cm³/mol. The summed E-state index contributed by atoms with van der Waals surface area (Å²) < 4.78 is 5.71. The third kappa shape index (κ3) is 4.49. The van der Waals surface area contributed by atoms with Crippen LogP contribution in [0.2, 0.25) is 0 Å². The molecule has 2 unspecified atom stereocenters. The van der Waals surface area contributed by atoms with E-state index in [0.717, 1.165) is 19.4 Å². The summed E-state index contributed by atoms with van der Waals surface area (Å²) in [5, 5.41) is 9.19. The van der Waals surface area contributed by atoms with E-state index in [1.807, 2.05) is 0 Å². The summed E-state index contributed by atoms with van der Waals surface area (Å²) in [5.41, 5.74) is 5.94. The van der Waals surface area contributed by atoms with Gasteiger partial charge in [-0.05, 0) is 25.2 Å². The highest BCUT2D eigenvalue weighted by Crippen LogP contribution is 2.25. The van der Waals surface area contributed by atoms with Crippen LogP contribution >= 0.6 is 0 Å². The monoisotopic (exact) mass is 215 g/mol. The lowest BCUT2D eigenvalue weighted by Gasteiger charge is -2.23. The molecular formula is C12H25NO2. The quantitative estimate of drug-likeness (QED) is 0.679. The van der Waals surface area contributed by atoms with Crippen LogP contribution in [0.3, 0.4) is 0 Å². The van der Waals surface area contributed by atoms with Crippen molar-refractivity contribution >= 4 is 0 Å². The molecule has 0 aromatic heterocycles. The molecule has 90 valence electrons. The Labute approximate surface area is 93.0 Å². The first-order valence-corrected chi connectivity index (χ1v) is 6.26. The van der Waals surface area contributed by atoms with Crippen LogP contribution in [-0.2, 0) is 4.74 Å². The van der Waals surface area contributed by atoms with Crippen molar-refractivity contribution in [3.63, 3.8) is 0 Å². The second-order valence-electron chi connectivity index (χ2n) is 4.66. The Morgan fingerprint density at radius 3 is 2.60 bits per heavy atom. The zero-order chi connectivity index (χ0) is 11.1. The number of nitrogens with two attached hydrogens (primary N) is 1. The Hall–Kier alpha value is -0.120. The summed E-state index contributed by atoms with van der Waals surface area (Å²) >= 11 is 0. The van der Waals surface area contributed by atoms with Crippen LogP contribution in [0.15, 0.2) is 0 Å². The smallest absolute Gasteiger partial charge is 0.0956 e. The zero-order valence-corrected chi connectivity index (χ0v) is 9.82. The number of ether oxygens (including phenoxy) is 1. The summed E-state index contributed by atoms with van der Waals surface area (Å²) in [7, 11) is 0. The van der Waals surface area contributed by atoms with Crippen molar-refractivity contribution in [3.05, 3.63) is 0 Å². The lowest BCUT2D eigenvalue weighted by Crippen LogP contribution is -2.40. The fourth-order valence-electron chi connectivity index (χ4n) is 2.27. The van der Waals surface area contributed by atoms with Crippen molar-refractivity contribution < 1.29 is 9.84 Å². The Balaban J connectivity index is 2.19. The maximum atomic E-state index is 9.19. The summed E-state index contributed by atoms with van der Waals surface area (Å²) in [6.07, 6.45) is 7.03. The van der Waals surface area contributed by atoms with Gasteiger partial charge in [-0.25, -0.2) is 0 Å². The van der Waals surface area contributed by atoms with Crippen LogP contribution in [0.25, 0.3) is 0 Å². The summed E-state index contributed by atoms with van der Waals surface area (Å²) in [4.78, 5) is 0. The molecule has 0 aliphatic heterocycles. The highest BCUT2D eigenvalue weighted by molar-refractivity contribution is 4.74. The number of hydrogen-bond donors (Lipinski definition) is 2. The standard InChI is InChI=1S/C12H25NO2/c1-2-5-11(13)12(8-14)15-9-10-6-3-4-7-10/h10-12,14H,2-9,13H2,1H3. The first kappa shape index (κ1) is 12.9. The van der Waals surface area contributed by atoms with Gasteiger partial charge in [0.25, 0.3) is 0 Å². The Morgan fingerprint density at radius 2 is 2.07 bits per heavy atom. The van der Waals surface area contributed by atoms with Gasteiger partial charge in [-0.15, -0.1) is 0 Å². The van der Waals surface area contributed by atoms with E-state index in [9.17, 15) is 5.11 Å². The van der Waals surface area contributed by atoms with Gasteiger partial charge in [0.2, 0.25) is 0 Å². The lowest BCUT2D eigenvalue weighted by atomic mass is 10.1. The fourth-order valence-corrected chi connectivity index (χ4v) is 2.27. The van der Waals surface area contributed by atoms with Gasteiger partial charge in [0, 0.05) is 12.6 Å². The van der Waals surface area contributed by atoms with E-state index in [2.05, 4.69) is 6.92 Å². The molecule has 0 bridgehead atoms. The topological polar surface area (TPSA) is 55.5 Å². The highest BCUT2D eigenvalue weighted by Gasteiger charge is 2.20. The molecule has 3 heteroatoms. The van der Waals surface area contributed by atoms with Crippen molar-refractivity contribution in [1.82, 2.24) is 0 Å². The van der Waals surface area contributed by atoms with Crippen LogP contribution in [0.1, 0.15) is 45.4 Å². The second-order valence-corrected chi connectivity index (χ2v) is 4.66. The average Bonchev–Trinajstić information content (AvgIpc) is 2.72. The third-order valence-corrected chi connectivity index (χ3v) is 3.30. The van der Waals surface area contributed by atoms with Crippen LogP contribution in [0, 0.1) is 5.92 Å². The van der Waals surface area contributed by atoms with Gasteiger partial charge in [0.05, 0.1) is 12.7 Å². The van der Waals surface area contributed by atoms with Crippen molar-refractivity contribution in [2.24, 2.45) is 11.7 Å². The van der Waals surface area contributed by atoms with Gasteiger partial charge in [-0.3, -0.25) is 0 Å². The third-order valence-electron chi connectivity index (χ3n) is 3.30. The molecule has 1 aliphatic carbocycles. The number of rotatable bonds is 7. The van der Waals surface area contributed by atoms with Crippen LogP contribution in [0.5, 0.6) is 0 Å². The maximum absolute atomic E-state index is 9.19. The second kappa shape index (κ2) is 7.20. The summed E-state index contributed by atoms with van der Waals surface area (Å²) in [5.74, 6) is 0.702. The van der Waals surface area contributed by atoms with E-state index >= 15 is 0 Å². The molecule has 0 radical (unpaired) electrons. The van der Waals surface area contributed by atoms with Gasteiger partial charge in [-0.1, -0.05) is 26.2 Å². The van der Waals surface area contributed by atoms with Crippen molar-refractivity contribution in [3.8, 4) is 0 Å². The molecule has 1 rings (SSSR count). The molecular weight excluding hydrogens is 190 g/mol. The molecule has 1 saturated carbocycles. The molecule has 3 N–H and O–H groups in total. The average molecular weight is 215 g/mol. The van der Waals surface area contributed by atoms with Crippen LogP contribution < -0.4 is 5.73 Å². The number of aliphatic hydroxyl groups excluding tert-OH is 1. The molecule has 1 fully saturated rings. The molecule has 0 amide bonds. The molecule has 0 heterocycles. The minimum atomic E-state index is -0.162. The Kier molecular flexibility index (Phi) is 6.22. The van der Waals surface area contributed by atoms with Gasteiger partial charge in [0.15, 0.2) is 0 Å². The Bertz CT molecular complexity index is 158. The molecule has 0 aromatic rings. The minimum Gasteiger partial charge on any atom is -0.394 e. The molecule has 15 heavy (non-hydrogen) atoms. The Morgan fingerprint density at radius 1 is 1.40 bits per heavy atom. The van der Waals surface area contributed by atoms with Crippen LogP contribution in [-0.4, -0.2) is 30.5 Å². The highest BCUT2D eigenvalue weighted by atomic mass is 16.5. The molecule has 0 saturated heterocycles. The van der Waals surface area contributed by atoms with E-state index in [1.54, 1.807) is 0 Å². The van der Waals surface area contributed by atoms with Crippen molar-refractivity contribution in [2.45, 2.75) is 57.6 Å². The molecule has 0 spiro atoms. The van der Waals surface area contributed by atoms with E-state index in [4.69, 9.17) is 10.5 Å². The van der Waals surface area contributed by atoms with Gasteiger partial charge in [-0.2, -0.15) is 0 Å².